The van der Waals surface area contributed by atoms with E-state index in [0.29, 0.717) is 0 Å². The molecule has 0 saturated heterocycles. The molecule has 0 bridgehead atoms. The Morgan fingerprint density at radius 2 is 1.30 bits per heavy atom. The number of rotatable bonds is 6. The Morgan fingerprint density at radius 1 is 0.775 bits per heavy atom. The first-order chi connectivity index (χ1) is 18.1. The second-order valence-corrected chi connectivity index (χ2v) is 38.8. The van der Waals surface area contributed by atoms with Gasteiger partial charge in [0.05, 0.1) is 0 Å². The third-order valence-corrected chi connectivity index (χ3v) is 19.6. The Bertz CT molecular complexity index is 1570. The van der Waals surface area contributed by atoms with Crippen molar-refractivity contribution in [1.82, 2.24) is 0 Å². The van der Waals surface area contributed by atoms with Crippen molar-refractivity contribution in [1.29, 1.82) is 0 Å². The summed E-state index contributed by atoms with van der Waals surface area (Å²) in [7, 11) is -1.77. The van der Waals surface area contributed by atoms with Gasteiger partial charge in [0.2, 0.25) is 0 Å². The summed E-state index contributed by atoms with van der Waals surface area (Å²) >= 11 is -2.89. The summed E-state index contributed by atoms with van der Waals surface area (Å²) in [5.41, 5.74) is 14.8. The summed E-state index contributed by atoms with van der Waals surface area (Å²) in [5.74, 6) is 0. The molecule has 0 amide bonds. The Kier molecular flexibility index (Phi) is 9.05. The van der Waals surface area contributed by atoms with Crippen LogP contribution in [0.1, 0.15) is 52.8 Å². The van der Waals surface area contributed by atoms with Gasteiger partial charge in [-0.15, -0.1) is 24.8 Å². The molecule has 0 heterocycles. The van der Waals surface area contributed by atoms with E-state index in [1.165, 1.54) is 44.5 Å². The molecule has 0 radical (unpaired) electrons. The van der Waals surface area contributed by atoms with Gasteiger partial charge in [0.15, 0.2) is 0 Å². The molecule has 0 spiro atoms. The molecule has 1 unspecified atom stereocenters. The van der Waals surface area contributed by atoms with Crippen LogP contribution in [0.2, 0.25) is 28.9 Å². The molecule has 0 N–H and O–H groups in total. The van der Waals surface area contributed by atoms with Gasteiger partial charge in [-0.2, -0.15) is 0 Å². The summed E-state index contributed by atoms with van der Waals surface area (Å²) in [4.78, 5) is 0. The van der Waals surface area contributed by atoms with Gasteiger partial charge in [-0.05, 0) is 0 Å². The number of fused-ring (bicyclic) bond motifs is 6. The number of hydrogen-bond donors (Lipinski definition) is 0. The minimum Gasteiger partial charge on any atom is -0.147 e. The second kappa shape index (κ2) is 11.4. The van der Waals surface area contributed by atoms with E-state index < -0.39 is 27.2 Å². The molecule has 40 heavy (non-hydrogen) atoms. The van der Waals surface area contributed by atoms with Crippen molar-refractivity contribution >= 4 is 40.0 Å². The van der Waals surface area contributed by atoms with E-state index in [4.69, 9.17) is 4.43 Å². The molecule has 6 rings (SSSR count). The van der Waals surface area contributed by atoms with E-state index in [0.717, 1.165) is 12.8 Å². The van der Waals surface area contributed by atoms with Crippen molar-refractivity contribution < 1.29 is 23.3 Å². The van der Waals surface area contributed by atoms with Crippen LogP contribution in [0, 0.1) is 0 Å². The number of halogens is 2. The molecular formula is C34H41Cl2OSi2Zr. The van der Waals surface area contributed by atoms with Crippen molar-refractivity contribution in [2.45, 2.75) is 57.9 Å². The zero-order valence-electron chi connectivity index (χ0n) is 24.5. The maximum absolute atomic E-state index is 7.01. The van der Waals surface area contributed by atoms with E-state index in [9.17, 15) is 0 Å². The number of hydrogen-bond acceptors (Lipinski definition) is 1. The van der Waals surface area contributed by atoms with Gasteiger partial charge < -0.3 is 0 Å². The minimum atomic E-state index is -2.89. The summed E-state index contributed by atoms with van der Waals surface area (Å²) in [5, 5.41) is 0. The molecule has 0 aromatic heterocycles. The molecule has 6 heteroatoms. The quantitative estimate of drug-likeness (QED) is 0.162. The third-order valence-electron chi connectivity index (χ3n) is 8.58. The standard InChI is InChI=1S/C32H31OSi.2CH3.2ClH.H2Si.Zr/c1-5-30(33-34(2,3)4)28-19-18-25-22-13-7-6-12-21(22)20-29(25)32(28)31-26-16-10-8-14-23(26)24-15-9-11-17-27(24)31;;;;;;/h6-19,30H,5,20H2,1-4H3;2*1H3;2*1H;1H2;. The van der Waals surface area contributed by atoms with E-state index >= 15 is 0 Å². The van der Waals surface area contributed by atoms with Gasteiger partial charge in [-0.25, -0.2) is 0 Å². The van der Waals surface area contributed by atoms with Crippen LogP contribution in [-0.4, -0.2) is 15.2 Å². The van der Waals surface area contributed by atoms with Crippen LogP contribution < -0.4 is 0 Å². The normalized spacial score (nSPS) is 15.2. The van der Waals surface area contributed by atoms with Crippen molar-refractivity contribution in [3.63, 3.8) is 0 Å². The van der Waals surface area contributed by atoms with Crippen LogP contribution in [0.15, 0.2) is 84.9 Å². The summed E-state index contributed by atoms with van der Waals surface area (Å²) in [6, 6.07) is 32.6. The minimum absolute atomic E-state index is 0. The first-order valence-electron chi connectivity index (χ1n) is 14.0. The SMILES string of the molecule is CCC(O[Si](C)(C)C)c1ccc2c(c1[C]1([Zr]([CH3])([CH3])=[SiH2])c3ccccc3-c3ccccc31)Cc1ccccc1-2.Cl.Cl. The van der Waals surface area contributed by atoms with E-state index in [1.807, 2.05) is 0 Å². The van der Waals surface area contributed by atoms with Gasteiger partial charge in [-0.1, -0.05) is 0 Å². The number of benzene rings is 4. The fourth-order valence-corrected chi connectivity index (χ4v) is 18.8. The topological polar surface area (TPSA) is 9.23 Å². The van der Waals surface area contributed by atoms with Gasteiger partial charge in [0.25, 0.3) is 0 Å². The zero-order chi connectivity index (χ0) is 26.9. The molecule has 4 aromatic carbocycles. The Morgan fingerprint density at radius 3 is 1.82 bits per heavy atom. The Balaban J connectivity index is 0.00000185. The largest absolute Gasteiger partial charge is 0.147 e. The van der Waals surface area contributed by atoms with Crippen LogP contribution in [-0.2, 0) is 32.9 Å². The van der Waals surface area contributed by atoms with Crippen molar-refractivity contribution in [3.05, 3.63) is 118 Å². The zero-order valence-corrected chi connectivity index (χ0v) is 31.0. The van der Waals surface area contributed by atoms with Crippen LogP contribution >= 0.6 is 24.8 Å². The van der Waals surface area contributed by atoms with Crippen molar-refractivity contribution in [3.8, 4) is 22.3 Å². The van der Waals surface area contributed by atoms with Gasteiger partial charge in [-0.3, -0.25) is 0 Å². The predicted molar refractivity (Wildman–Crippen MR) is 179 cm³/mol. The maximum Gasteiger partial charge on any atom is -0.147 e. The molecule has 0 aliphatic heterocycles. The Hall–Kier alpha value is -1.26. The van der Waals surface area contributed by atoms with Crippen LogP contribution in [0.3, 0.4) is 0 Å². The molecule has 4 aromatic rings. The summed E-state index contributed by atoms with van der Waals surface area (Å²) in [6.07, 6.45) is 2.11. The molecule has 1 nitrogen and oxygen atoms in total. The maximum atomic E-state index is 7.01. The molecule has 0 saturated carbocycles. The molecular weight excluding hydrogens is 643 g/mol. The first-order valence-corrected chi connectivity index (χ1v) is 29.5. The summed E-state index contributed by atoms with van der Waals surface area (Å²) in [6.45, 7) is 11.7. The first kappa shape index (κ1) is 31.7. The van der Waals surface area contributed by atoms with Crippen molar-refractivity contribution in [2.24, 2.45) is 0 Å². The van der Waals surface area contributed by atoms with Crippen LogP contribution in [0.4, 0.5) is 0 Å². The fourth-order valence-electron chi connectivity index (χ4n) is 7.31. The molecule has 209 valence electrons. The smallest absolute Gasteiger partial charge is 0.147 e. The predicted octanol–water partition coefficient (Wildman–Crippen LogP) is 9.47. The van der Waals surface area contributed by atoms with Gasteiger partial charge in [0.1, 0.15) is 0 Å². The molecule has 2 aliphatic rings. The van der Waals surface area contributed by atoms with Gasteiger partial charge >= 0.3 is 237 Å². The second-order valence-electron chi connectivity index (χ2n) is 12.7. The monoisotopic (exact) mass is 681 g/mol. The van der Waals surface area contributed by atoms with Crippen LogP contribution in [0.5, 0.6) is 0 Å². The molecule has 0 fully saturated rings. The fraction of sp³-hybridized carbons (Fsp3) is 0.294. The average molecular weight is 684 g/mol. The van der Waals surface area contributed by atoms with E-state index in [-0.39, 0.29) is 34.0 Å². The van der Waals surface area contributed by atoms with Gasteiger partial charge in [0, 0.05) is 0 Å². The molecule has 2 aliphatic carbocycles. The Labute approximate surface area is 259 Å². The average Bonchev–Trinajstić information content (AvgIpc) is 3.40. The van der Waals surface area contributed by atoms with E-state index in [1.54, 1.807) is 11.1 Å². The van der Waals surface area contributed by atoms with Crippen LogP contribution in [0.25, 0.3) is 22.3 Å². The third kappa shape index (κ3) is 4.81. The van der Waals surface area contributed by atoms with E-state index in [2.05, 4.69) is 128 Å². The summed E-state index contributed by atoms with van der Waals surface area (Å²) < 4.78 is 12.3. The van der Waals surface area contributed by atoms with Crippen molar-refractivity contribution in [2.75, 3.05) is 0 Å². The molecule has 1 atom stereocenters.